The number of ether oxygens (including phenoxy) is 1. The number of hydrogen-bond acceptors (Lipinski definition) is 5. The Morgan fingerprint density at radius 2 is 1.38 bits per heavy atom. The Balaban J connectivity index is 1.52. The van der Waals surface area contributed by atoms with Crippen molar-refractivity contribution in [1.82, 2.24) is 4.90 Å². The second kappa shape index (κ2) is 14.5. The lowest BCUT2D eigenvalue weighted by Gasteiger charge is -2.38. The summed E-state index contributed by atoms with van der Waals surface area (Å²) in [5, 5.41) is 0. The van der Waals surface area contributed by atoms with Crippen LogP contribution < -0.4 is 0 Å². The van der Waals surface area contributed by atoms with E-state index < -0.39 is 73.6 Å². The second-order valence-electron chi connectivity index (χ2n) is 13.3. The number of nitrogens with zero attached hydrogens (tertiary/aromatic N) is 1. The lowest BCUT2D eigenvalue weighted by molar-refractivity contribution is -0.392. The maximum Gasteiger partial charge on any atom is 0.430 e. The minimum Gasteiger partial charge on any atom is -0.349 e. The van der Waals surface area contributed by atoms with Crippen molar-refractivity contribution < 1.29 is 62.3 Å². The van der Waals surface area contributed by atoms with Crippen molar-refractivity contribution in [3.05, 3.63) is 101 Å². The predicted octanol–water partition coefficient (Wildman–Crippen LogP) is 8.33. The van der Waals surface area contributed by atoms with Gasteiger partial charge in [0.25, 0.3) is 5.60 Å². The van der Waals surface area contributed by atoms with Gasteiger partial charge in [0.2, 0.25) is 5.91 Å². The number of carbonyl (C=O) groups is 2. The third kappa shape index (κ3) is 7.20. The molecule has 3 aromatic rings. The molecule has 0 aromatic heterocycles. The average molecular weight is 764 g/mol. The fraction of sp³-hybridized carbons (Fsp3) is 0.444. The molecule has 0 N–H and O–H groups in total. The first-order valence-electron chi connectivity index (χ1n) is 16.3. The lowest BCUT2D eigenvalue weighted by Crippen LogP contribution is -2.56. The molecule has 16 heteroatoms. The maximum atomic E-state index is 14.6. The highest BCUT2D eigenvalue weighted by Crippen LogP contribution is 2.55. The van der Waals surface area contributed by atoms with E-state index in [9.17, 15) is 57.5 Å². The Labute approximate surface area is 293 Å². The normalized spacial score (nSPS) is 20.7. The van der Waals surface area contributed by atoms with Gasteiger partial charge in [-0.2, -0.15) is 26.3 Å². The van der Waals surface area contributed by atoms with E-state index in [0.717, 1.165) is 42.5 Å². The third-order valence-corrected chi connectivity index (χ3v) is 12.7. The smallest absolute Gasteiger partial charge is 0.349 e. The number of likely N-dealkylation sites (tertiary alicyclic amines) is 1. The number of halogens is 9. The van der Waals surface area contributed by atoms with Gasteiger partial charge in [-0.25, -0.2) is 21.6 Å². The molecule has 0 radical (unpaired) electrons. The summed E-state index contributed by atoms with van der Waals surface area (Å²) in [6.45, 7) is 0.413. The highest BCUT2D eigenvalue weighted by molar-refractivity contribution is 7.92. The van der Waals surface area contributed by atoms with Gasteiger partial charge >= 0.3 is 12.4 Å². The van der Waals surface area contributed by atoms with Crippen molar-refractivity contribution in [2.45, 2.75) is 79.7 Å². The van der Waals surface area contributed by atoms with Gasteiger partial charge in [-0.05, 0) is 80.0 Å². The zero-order valence-electron chi connectivity index (χ0n) is 27.7. The molecule has 2 aliphatic rings. The molecule has 6 nitrogen and oxygen atoms in total. The van der Waals surface area contributed by atoms with Crippen LogP contribution in [0.3, 0.4) is 0 Å². The molecule has 282 valence electrons. The second-order valence-corrected chi connectivity index (χ2v) is 15.5. The predicted molar refractivity (Wildman–Crippen MR) is 169 cm³/mol. The standard InChI is InChI=1S/C36H34F9NO5S/c1-22(47)46-17-14-24(15-18-46)32(48)19-23-13-16-33(20-23,52(49,50)28-11-9-27(37)10-12-28)25-5-7-26(8-6-25)34(35(40,41)42,36(43,44)45)51-21-29-30(38)3-2-4-31(29)39/h2-12,23-24H,13-21H2,1H3. The van der Waals surface area contributed by atoms with Crippen molar-refractivity contribution in [3.63, 3.8) is 0 Å². The summed E-state index contributed by atoms with van der Waals surface area (Å²) in [6.07, 6.45) is -11.9. The fourth-order valence-corrected chi connectivity index (χ4v) is 9.58. The van der Waals surface area contributed by atoms with E-state index >= 15 is 0 Å². The average Bonchev–Trinajstić information content (AvgIpc) is 3.51. The molecule has 0 spiro atoms. The number of carbonyl (C=O) groups excluding carboxylic acids is 2. The molecule has 1 aliphatic heterocycles. The van der Waals surface area contributed by atoms with Crippen LogP contribution in [0, 0.1) is 29.3 Å². The monoisotopic (exact) mass is 763 g/mol. The molecule has 1 aliphatic carbocycles. The van der Waals surface area contributed by atoms with E-state index in [4.69, 9.17) is 0 Å². The SMILES string of the molecule is CC(=O)N1CCC(C(=O)CC2CCC(c3ccc(C(OCc4c(F)cccc4F)(C(F)(F)F)C(F)(F)F)cc3)(S(=O)(=O)c3ccc(F)cc3)C2)CC1. The van der Waals surface area contributed by atoms with Gasteiger partial charge in [0.05, 0.1) is 11.5 Å². The van der Waals surface area contributed by atoms with E-state index in [1.54, 1.807) is 4.90 Å². The molecule has 5 rings (SSSR count). The van der Waals surface area contributed by atoms with Crippen LogP contribution in [0.25, 0.3) is 0 Å². The quantitative estimate of drug-likeness (QED) is 0.153. The summed E-state index contributed by atoms with van der Waals surface area (Å²) in [4.78, 5) is 26.3. The molecule has 1 saturated heterocycles. The van der Waals surface area contributed by atoms with E-state index in [2.05, 4.69) is 4.74 Å². The van der Waals surface area contributed by atoms with E-state index in [1.807, 2.05) is 0 Å². The zero-order valence-corrected chi connectivity index (χ0v) is 28.5. The Bertz CT molecular complexity index is 1850. The van der Waals surface area contributed by atoms with Crippen molar-refractivity contribution in [2.75, 3.05) is 13.1 Å². The molecule has 1 heterocycles. The molecule has 1 saturated carbocycles. The minimum absolute atomic E-state index is 0.0464. The first kappa shape index (κ1) is 39.3. The molecule has 2 unspecified atom stereocenters. The summed E-state index contributed by atoms with van der Waals surface area (Å²) in [7, 11) is -4.52. The molecule has 2 fully saturated rings. The highest BCUT2D eigenvalue weighted by atomic mass is 32.2. The van der Waals surface area contributed by atoms with Crippen molar-refractivity contribution in [1.29, 1.82) is 0 Å². The number of hydrogen-bond donors (Lipinski definition) is 0. The summed E-state index contributed by atoms with van der Waals surface area (Å²) < 4.78 is 161. The molecule has 2 atom stereocenters. The Hall–Kier alpha value is -3.92. The Kier molecular flexibility index (Phi) is 10.9. The number of rotatable bonds is 10. The molecular formula is C36H34F9NO5S. The molecular weight excluding hydrogens is 729 g/mol. The van der Waals surface area contributed by atoms with Crippen LogP contribution in [0.1, 0.15) is 62.1 Å². The lowest BCUT2D eigenvalue weighted by atomic mass is 9.85. The zero-order chi connectivity index (χ0) is 38.3. The van der Waals surface area contributed by atoms with E-state index in [1.165, 1.54) is 6.92 Å². The van der Waals surface area contributed by atoms with Gasteiger partial charge in [0.15, 0.2) is 9.84 Å². The topological polar surface area (TPSA) is 80.8 Å². The number of sulfone groups is 1. The fourth-order valence-electron chi connectivity index (χ4n) is 7.34. The summed E-state index contributed by atoms with van der Waals surface area (Å²) in [5.41, 5.74) is -7.95. The van der Waals surface area contributed by atoms with Crippen LogP contribution in [0.2, 0.25) is 0 Å². The summed E-state index contributed by atoms with van der Waals surface area (Å²) in [5.74, 6) is -4.83. The van der Waals surface area contributed by atoms with Gasteiger partial charge in [-0.1, -0.05) is 30.3 Å². The van der Waals surface area contributed by atoms with Crippen LogP contribution in [0.4, 0.5) is 39.5 Å². The van der Waals surface area contributed by atoms with Crippen molar-refractivity contribution in [2.24, 2.45) is 11.8 Å². The van der Waals surface area contributed by atoms with Crippen LogP contribution in [0.15, 0.2) is 71.6 Å². The molecule has 52 heavy (non-hydrogen) atoms. The minimum atomic E-state index is -6.22. The van der Waals surface area contributed by atoms with Gasteiger partial charge in [-0.3, -0.25) is 9.59 Å². The highest BCUT2D eigenvalue weighted by Gasteiger charge is 2.73. The van der Waals surface area contributed by atoms with Gasteiger partial charge in [0.1, 0.15) is 28.0 Å². The first-order chi connectivity index (χ1) is 24.2. The van der Waals surface area contributed by atoms with Crippen LogP contribution in [-0.4, -0.2) is 50.5 Å². The number of amides is 1. The van der Waals surface area contributed by atoms with Gasteiger partial charge < -0.3 is 9.64 Å². The van der Waals surface area contributed by atoms with E-state index in [0.29, 0.717) is 50.2 Å². The number of Topliss-reactive ketones (excluding diaryl/α,β-unsaturated/α-hetero) is 1. The van der Waals surface area contributed by atoms with Crippen LogP contribution in [0.5, 0.6) is 0 Å². The number of piperidine rings is 1. The number of alkyl halides is 6. The van der Waals surface area contributed by atoms with Crippen molar-refractivity contribution >= 4 is 21.5 Å². The van der Waals surface area contributed by atoms with Gasteiger partial charge in [-0.15, -0.1) is 0 Å². The van der Waals surface area contributed by atoms with Crippen molar-refractivity contribution in [3.8, 4) is 0 Å². The Morgan fingerprint density at radius 3 is 1.90 bits per heavy atom. The number of benzene rings is 3. The first-order valence-corrected chi connectivity index (χ1v) is 17.8. The summed E-state index contributed by atoms with van der Waals surface area (Å²) >= 11 is 0. The molecule has 3 aromatic carbocycles. The Morgan fingerprint density at radius 1 is 0.827 bits per heavy atom. The maximum absolute atomic E-state index is 14.6. The third-order valence-electron chi connectivity index (χ3n) is 10.2. The van der Waals surface area contributed by atoms with Crippen LogP contribution >= 0.6 is 0 Å². The largest absolute Gasteiger partial charge is 0.430 e. The van der Waals surface area contributed by atoms with E-state index in [-0.39, 0.29) is 53.8 Å². The number of ketones is 1. The summed E-state index contributed by atoms with van der Waals surface area (Å²) in [6, 6.07) is 8.36. The molecule has 1 amide bonds. The van der Waals surface area contributed by atoms with Gasteiger partial charge in [0, 0.05) is 43.5 Å². The molecule has 0 bridgehead atoms. The van der Waals surface area contributed by atoms with Crippen LogP contribution in [-0.2, 0) is 41.1 Å².